The Morgan fingerprint density at radius 1 is 1.08 bits per heavy atom. The van der Waals surface area contributed by atoms with Crippen LogP contribution >= 0.6 is 0 Å². The van der Waals surface area contributed by atoms with E-state index in [1.54, 1.807) is 0 Å². The Morgan fingerprint density at radius 3 is 2.17 bits per heavy atom. The van der Waals surface area contributed by atoms with Gasteiger partial charge in [-0.3, -0.25) is 0 Å². The highest BCUT2D eigenvalue weighted by Gasteiger charge is 2.38. The van der Waals surface area contributed by atoms with Crippen LogP contribution in [0.25, 0.3) is 0 Å². The zero-order valence-corrected chi connectivity index (χ0v) is 7.89. The summed E-state index contributed by atoms with van der Waals surface area (Å²) in [6, 6.07) is 0. The van der Waals surface area contributed by atoms with Gasteiger partial charge in [-0.05, 0) is 30.6 Å². The van der Waals surface area contributed by atoms with Gasteiger partial charge in [0.1, 0.15) is 0 Å². The van der Waals surface area contributed by atoms with Crippen LogP contribution in [0.2, 0.25) is 0 Å². The van der Waals surface area contributed by atoms with E-state index in [0.717, 1.165) is 5.92 Å². The summed E-state index contributed by atoms with van der Waals surface area (Å²) in [5, 5.41) is 9.30. The number of aliphatic hydroxyl groups excluding tert-OH is 1. The second-order valence-corrected chi connectivity index (χ2v) is 4.87. The van der Waals surface area contributed by atoms with Crippen molar-refractivity contribution in [2.75, 3.05) is 6.61 Å². The van der Waals surface area contributed by atoms with Gasteiger partial charge in [0.05, 0.1) is 0 Å². The summed E-state index contributed by atoms with van der Waals surface area (Å²) in [4.78, 5) is 0. The Hall–Kier alpha value is -0.0400. The van der Waals surface area contributed by atoms with Gasteiger partial charge >= 0.3 is 0 Å². The van der Waals surface area contributed by atoms with Crippen molar-refractivity contribution in [1.29, 1.82) is 0 Å². The van der Waals surface area contributed by atoms with Crippen molar-refractivity contribution < 1.29 is 5.11 Å². The molecule has 0 aromatic rings. The second kappa shape index (κ2) is 3.37. The average molecular weight is 168 g/mol. The fourth-order valence-corrected chi connectivity index (χ4v) is 2.93. The van der Waals surface area contributed by atoms with Gasteiger partial charge in [0.25, 0.3) is 0 Å². The van der Waals surface area contributed by atoms with Crippen molar-refractivity contribution >= 4 is 0 Å². The summed E-state index contributed by atoms with van der Waals surface area (Å²) in [5.74, 6) is 0.956. The Bertz CT molecular complexity index is 138. The molecule has 1 heteroatoms. The van der Waals surface area contributed by atoms with E-state index < -0.39 is 0 Å². The van der Waals surface area contributed by atoms with Crippen molar-refractivity contribution in [3.05, 3.63) is 0 Å². The molecule has 0 aromatic carbocycles. The topological polar surface area (TPSA) is 20.2 Å². The lowest BCUT2D eigenvalue weighted by molar-refractivity contribution is 0.0209. The Kier molecular flexibility index (Phi) is 2.40. The van der Waals surface area contributed by atoms with Crippen molar-refractivity contribution in [2.45, 2.75) is 51.4 Å². The summed E-state index contributed by atoms with van der Waals surface area (Å²) in [7, 11) is 0. The van der Waals surface area contributed by atoms with E-state index in [1.807, 2.05) is 0 Å². The third-order valence-electron chi connectivity index (χ3n) is 3.95. The van der Waals surface area contributed by atoms with Crippen molar-refractivity contribution in [2.24, 2.45) is 11.3 Å². The molecule has 0 saturated heterocycles. The van der Waals surface area contributed by atoms with Crippen LogP contribution in [0.1, 0.15) is 51.4 Å². The van der Waals surface area contributed by atoms with E-state index in [0.29, 0.717) is 12.0 Å². The highest BCUT2D eigenvalue weighted by atomic mass is 16.3. The van der Waals surface area contributed by atoms with Crippen molar-refractivity contribution in [3.63, 3.8) is 0 Å². The van der Waals surface area contributed by atoms with Gasteiger partial charge in [0.2, 0.25) is 0 Å². The maximum Gasteiger partial charge on any atom is 0.0487 e. The standard InChI is InChI=1S/C11H20O/c12-9-11(6-3-7-11)8-10-4-1-2-5-10/h10,12H,1-9H2. The minimum Gasteiger partial charge on any atom is -0.396 e. The van der Waals surface area contributed by atoms with Crippen molar-refractivity contribution in [1.82, 2.24) is 0 Å². The normalized spacial score (nSPS) is 28.8. The molecule has 0 aliphatic heterocycles. The Balaban J connectivity index is 1.83. The monoisotopic (exact) mass is 168 g/mol. The molecule has 0 unspecified atom stereocenters. The molecule has 0 radical (unpaired) electrons. The summed E-state index contributed by atoms with van der Waals surface area (Å²) < 4.78 is 0. The minimum atomic E-state index is 0.384. The van der Waals surface area contributed by atoms with Crippen LogP contribution in [-0.4, -0.2) is 11.7 Å². The number of rotatable bonds is 3. The zero-order chi connectivity index (χ0) is 8.44. The van der Waals surface area contributed by atoms with Gasteiger partial charge in [-0.2, -0.15) is 0 Å². The molecule has 2 rings (SSSR count). The second-order valence-electron chi connectivity index (χ2n) is 4.87. The van der Waals surface area contributed by atoms with Gasteiger partial charge in [0.15, 0.2) is 0 Å². The molecule has 0 aromatic heterocycles. The largest absolute Gasteiger partial charge is 0.396 e. The van der Waals surface area contributed by atoms with E-state index >= 15 is 0 Å². The molecule has 0 spiro atoms. The molecular weight excluding hydrogens is 148 g/mol. The number of hydrogen-bond donors (Lipinski definition) is 1. The molecule has 0 amide bonds. The van der Waals surface area contributed by atoms with Crippen LogP contribution in [0, 0.1) is 11.3 Å². The molecule has 2 saturated carbocycles. The van der Waals surface area contributed by atoms with Crippen LogP contribution in [0.3, 0.4) is 0 Å². The summed E-state index contributed by atoms with van der Waals surface area (Å²) in [6.07, 6.45) is 11.0. The minimum absolute atomic E-state index is 0.384. The molecule has 1 N–H and O–H groups in total. The van der Waals surface area contributed by atoms with Gasteiger partial charge in [0, 0.05) is 6.61 Å². The lowest BCUT2D eigenvalue weighted by Gasteiger charge is -2.42. The van der Waals surface area contributed by atoms with Crippen LogP contribution in [0.4, 0.5) is 0 Å². The van der Waals surface area contributed by atoms with Crippen LogP contribution in [-0.2, 0) is 0 Å². The quantitative estimate of drug-likeness (QED) is 0.687. The predicted octanol–water partition coefficient (Wildman–Crippen LogP) is 2.73. The molecule has 0 bridgehead atoms. The SMILES string of the molecule is OCC1(CC2CCCC2)CCC1. The van der Waals surface area contributed by atoms with E-state index in [2.05, 4.69) is 0 Å². The maximum absolute atomic E-state index is 9.30. The molecule has 12 heavy (non-hydrogen) atoms. The molecule has 1 nitrogen and oxygen atoms in total. The maximum atomic E-state index is 9.30. The average Bonchev–Trinajstić information content (AvgIpc) is 2.49. The molecule has 2 fully saturated rings. The van der Waals surface area contributed by atoms with E-state index in [1.165, 1.54) is 51.4 Å². The molecule has 70 valence electrons. The number of hydrogen-bond acceptors (Lipinski definition) is 1. The predicted molar refractivity (Wildman–Crippen MR) is 49.9 cm³/mol. The first-order valence-corrected chi connectivity index (χ1v) is 5.46. The lowest BCUT2D eigenvalue weighted by atomic mass is 9.64. The van der Waals surface area contributed by atoms with E-state index in [-0.39, 0.29) is 0 Å². The fourth-order valence-electron chi connectivity index (χ4n) is 2.93. The zero-order valence-electron chi connectivity index (χ0n) is 7.89. The van der Waals surface area contributed by atoms with Crippen LogP contribution in [0.5, 0.6) is 0 Å². The van der Waals surface area contributed by atoms with E-state index in [4.69, 9.17) is 0 Å². The highest BCUT2D eigenvalue weighted by Crippen LogP contribution is 2.48. The Morgan fingerprint density at radius 2 is 1.75 bits per heavy atom. The van der Waals surface area contributed by atoms with Gasteiger partial charge in [-0.15, -0.1) is 0 Å². The first-order valence-electron chi connectivity index (χ1n) is 5.46. The lowest BCUT2D eigenvalue weighted by Crippen LogP contribution is -2.34. The van der Waals surface area contributed by atoms with Gasteiger partial charge in [-0.1, -0.05) is 32.1 Å². The molecular formula is C11H20O. The van der Waals surface area contributed by atoms with Gasteiger partial charge in [-0.25, -0.2) is 0 Å². The summed E-state index contributed by atoms with van der Waals surface area (Å²) in [6.45, 7) is 0.448. The van der Waals surface area contributed by atoms with E-state index in [9.17, 15) is 5.11 Å². The first-order chi connectivity index (χ1) is 5.85. The summed E-state index contributed by atoms with van der Waals surface area (Å²) >= 11 is 0. The molecule has 0 atom stereocenters. The van der Waals surface area contributed by atoms with Crippen LogP contribution in [0.15, 0.2) is 0 Å². The molecule has 2 aliphatic rings. The smallest absolute Gasteiger partial charge is 0.0487 e. The molecule has 2 aliphatic carbocycles. The van der Waals surface area contributed by atoms with Crippen molar-refractivity contribution in [3.8, 4) is 0 Å². The van der Waals surface area contributed by atoms with Gasteiger partial charge < -0.3 is 5.11 Å². The first kappa shape index (κ1) is 8.55. The fraction of sp³-hybridized carbons (Fsp3) is 1.00. The third-order valence-corrected chi connectivity index (χ3v) is 3.95. The third kappa shape index (κ3) is 1.52. The highest BCUT2D eigenvalue weighted by molar-refractivity contribution is 4.89. The Labute approximate surface area is 75.2 Å². The molecule has 0 heterocycles. The summed E-state index contributed by atoms with van der Waals surface area (Å²) in [5.41, 5.74) is 0.384. The van der Waals surface area contributed by atoms with Crippen LogP contribution < -0.4 is 0 Å². The number of aliphatic hydroxyl groups is 1.